The second kappa shape index (κ2) is 7.66. The minimum atomic E-state index is -0.276. The molecule has 2 N–H and O–H groups in total. The third-order valence-electron chi connectivity index (χ3n) is 7.02. The Morgan fingerprint density at radius 1 is 1.15 bits per heavy atom. The van der Waals surface area contributed by atoms with Gasteiger partial charge in [-0.2, -0.15) is 0 Å². The number of aliphatic hydroxyl groups is 1. The summed E-state index contributed by atoms with van der Waals surface area (Å²) in [7, 11) is 0. The van der Waals surface area contributed by atoms with Crippen molar-refractivity contribution in [1.29, 1.82) is 0 Å². The van der Waals surface area contributed by atoms with E-state index in [1.54, 1.807) is 0 Å². The van der Waals surface area contributed by atoms with Crippen LogP contribution in [0.25, 0.3) is 0 Å². The number of benzene rings is 1. The lowest BCUT2D eigenvalue weighted by atomic mass is 9.65. The summed E-state index contributed by atoms with van der Waals surface area (Å²) >= 11 is 0. The molecule has 1 fully saturated rings. The summed E-state index contributed by atoms with van der Waals surface area (Å²) in [6.07, 6.45) is 8.34. The molecule has 1 aliphatic heterocycles. The van der Waals surface area contributed by atoms with Crippen LogP contribution in [0.5, 0.6) is 11.5 Å². The lowest BCUT2D eigenvalue weighted by molar-refractivity contribution is -0.0318. The molecule has 3 rings (SSSR count). The smallest absolute Gasteiger partial charge is 0.127 e. The Labute approximate surface area is 165 Å². The van der Waals surface area contributed by atoms with Crippen LogP contribution in [-0.4, -0.2) is 21.9 Å². The maximum Gasteiger partial charge on any atom is 0.127 e. The number of aromatic hydroxyl groups is 1. The lowest BCUT2D eigenvalue weighted by Crippen LogP contribution is -2.47. The van der Waals surface area contributed by atoms with Crippen molar-refractivity contribution >= 4 is 0 Å². The van der Waals surface area contributed by atoms with E-state index in [2.05, 4.69) is 40.7 Å². The van der Waals surface area contributed by atoms with Crippen molar-refractivity contribution in [1.82, 2.24) is 0 Å². The van der Waals surface area contributed by atoms with E-state index in [1.807, 2.05) is 6.07 Å². The van der Waals surface area contributed by atoms with Crippen LogP contribution in [0.4, 0.5) is 0 Å². The molecule has 0 saturated heterocycles. The Morgan fingerprint density at radius 3 is 2.59 bits per heavy atom. The van der Waals surface area contributed by atoms with Gasteiger partial charge in [-0.05, 0) is 62.6 Å². The molecule has 27 heavy (non-hydrogen) atoms. The number of hydrogen-bond acceptors (Lipinski definition) is 3. The predicted molar refractivity (Wildman–Crippen MR) is 111 cm³/mol. The summed E-state index contributed by atoms with van der Waals surface area (Å²) in [5.74, 6) is 1.69. The van der Waals surface area contributed by atoms with Crippen LogP contribution >= 0.6 is 0 Å². The molecular weight excluding hydrogens is 336 g/mol. The van der Waals surface area contributed by atoms with Crippen molar-refractivity contribution in [3.8, 4) is 11.5 Å². The third kappa shape index (κ3) is 4.13. The van der Waals surface area contributed by atoms with Gasteiger partial charge in [0.25, 0.3) is 0 Å². The maximum atomic E-state index is 10.9. The maximum absolute atomic E-state index is 10.9. The van der Waals surface area contributed by atoms with Gasteiger partial charge in [0.15, 0.2) is 0 Å². The summed E-state index contributed by atoms with van der Waals surface area (Å²) in [6, 6.07) is 4.12. The van der Waals surface area contributed by atoms with Crippen molar-refractivity contribution in [3.63, 3.8) is 0 Å². The highest BCUT2D eigenvalue weighted by molar-refractivity contribution is 5.53. The minimum Gasteiger partial charge on any atom is -0.508 e. The normalized spacial score (nSPS) is 26.8. The Bertz CT molecular complexity index is 662. The SMILES string of the molecule is CCCCCCC(C)(C)c1cc(O)c2c(c1)OC(C)(C)[C@@H]1CC[C@@H](O)C[C@H]21. The molecule has 0 aromatic heterocycles. The fourth-order valence-corrected chi connectivity index (χ4v) is 5.26. The first-order valence-electron chi connectivity index (χ1n) is 10.9. The number of phenols is 1. The van der Waals surface area contributed by atoms with Crippen molar-refractivity contribution in [3.05, 3.63) is 23.3 Å². The summed E-state index contributed by atoms with van der Waals surface area (Å²) in [4.78, 5) is 0. The van der Waals surface area contributed by atoms with Gasteiger partial charge in [-0.25, -0.2) is 0 Å². The zero-order chi connectivity index (χ0) is 19.8. The molecule has 152 valence electrons. The zero-order valence-corrected chi connectivity index (χ0v) is 17.8. The van der Waals surface area contributed by atoms with Gasteiger partial charge in [0.05, 0.1) is 6.10 Å². The first kappa shape index (κ1) is 20.5. The minimum absolute atomic E-state index is 0.0106. The molecule has 1 heterocycles. The van der Waals surface area contributed by atoms with Gasteiger partial charge >= 0.3 is 0 Å². The molecule has 3 heteroatoms. The zero-order valence-electron chi connectivity index (χ0n) is 17.8. The number of rotatable bonds is 6. The number of hydrogen-bond donors (Lipinski definition) is 2. The van der Waals surface area contributed by atoms with E-state index in [1.165, 1.54) is 25.7 Å². The summed E-state index contributed by atoms with van der Waals surface area (Å²) in [5, 5.41) is 21.2. The molecule has 0 bridgehead atoms. The van der Waals surface area contributed by atoms with Crippen LogP contribution in [-0.2, 0) is 5.41 Å². The Hall–Kier alpha value is -1.22. The Balaban J connectivity index is 1.91. The average molecular weight is 375 g/mol. The van der Waals surface area contributed by atoms with Gasteiger partial charge in [-0.3, -0.25) is 0 Å². The van der Waals surface area contributed by atoms with Gasteiger partial charge in [0.1, 0.15) is 17.1 Å². The summed E-state index contributed by atoms with van der Waals surface area (Å²) in [5.41, 5.74) is 1.81. The first-order chi connectivity index (χ1) is 12.7. The van der Waals surface area contributed by atoms with Gasteiger partial charge < -0.3 is 14.9 Å². The van der Waals surface area contributed by atoms with Crippen LogP contribution in [0, 0.1) is 5.92 Å². The molecular formula is C24H38O3. The number of aliphatic hydroxyl groups excluding tert-OH is 1. The molecule has 1 aromatic carbocycles. The van der Waals surface area contributed by atoms with Gasteiger partial charge in [-0.15, -0.1) is 0 Å². The third-order valence-corrected chi connectivity index (χ3v) is 7.02. The van der Waals surface area contributed by atoms with Crippen LogP contribution < -0.4 is 4.74 Å². The van der Waals surface area contributed by atoms with Crippen molar-refractivity contribution in [2.45, 2.75) is 109 Å². The highest BCUT2D eigenvalue weighted by Gasteiger charge is 2.47. The fraction of sp³-hybridized carbons (Fsp3) is 0.750. The quantitative estimate of drug-likeness (QED) is 0.595. The predicted octanol–water partition coefficient (Wildman–Crippen LogP) is 6.06. The number of phenolic OH excluding ortho intramolecular Hbond substituents is 1. The van der Waals surface area contributed by atoms with Crippen LogP contribution in [0.1, 0.15) is 103 Å². The molecule has 0 amide bonds. The van der Waals surface area contributed by atoms with E-state index in [-0.39, 0.29) is 23.0 Å². The lowest BCUT2D eigenvalue weighted by Gasteiger charge is -2.48. The van der Waals surface area contributed by atoms with E-state index in [0.29, 0.717) is 11.7 Å². The van der Waals surface area contributed by atoms with E-state index in [0.717, 1.165) is 42.6 Å². The van der Waals surface area contributed by atoms with Crippen LogP contribution in [0.3, 0.4) is 0 Å². The van der Waals surface area contributed by atoms with Crippen LogP contribution in [0.15, 0.2) is 12.1 Å². The fourth-order valence-electron chi connectivity index (χ4n) is 5.26. The Kier molecular flexibility index (Phi) is 5.82. The van der Waals surface area contributed by atoms with E-state index >= 15 is 0 Å². The van der Waals surface area contributed by atoms with Gasteiger partial charge in [0.2, 0.25) is 0 Å². The number of fused-ring (bicyclic) bond motifs is 3. The van der Waals surface area contributed by atoms with E-state index in [4.69, 9.17) is 4.74 Å². The van der Waals surface area contributed by atoms with Gasteiger partial charge in [-0.1, -0.05) is 46.5 Å². The molecule has 1 aliphatic carbocycles. The molecule has 0 unspecified atom stereocenters. The molecule has 3 nitrogen and oxygen atoms in total. The van der Waals surface area contributed by atoms with Crippen molar-refractivity contribution in [2.24, 2.45) is 5.92 Å². The Morgan fingerprint density at radius 2 is 1.89 bits per heavy atom. The first-order valence-corrected chi connectivity index (χ1v) is 10.9. The molecule has 0 radical (unpaired) electrons. The standard InChI is InChI=1S/C24H38O3/c1-6-7-8-9-12-23(2,3)16-13-20(26)22-18-15-17(25)10-11-19(18)24(4,5)27-21(22)14-16/h13-14,17-19,25-26H,6-12,15H2,1-5H3/t17-,18+,19-/m1/s1. The molecule has 3 atom stereocenters. The molecule has 0 spiro atoms. The number of unbranched alkanes of at least 4 members (excludes halogenated alkanes) is 3. The second-order valence-electron chi connectivity index (χ2n) is 9.99. The summed E-state index contributed by atoms with van der Waals surface area (Å²) in [6.45, 7) is 11.1. The average Bonchev–Trinajstić information content (AvgIpc) is 2.57. The van der Waals surface area contributed by atoms with E-state index < -0.39 is 0 Å². The van der Waals surface area contributed by atoms with Crippen LogP contribution in [0.2, 0.25) is 0 Å². The van der Waals surface area contributed by atoms with Crippen molar-refractivity contribution < 1.29 is 14.9 Å². The molecule has 1 aromatic rings. The van der Waals surface area contributed by atoms with Crippen molar-refractivity contribution in [2.75, 3.05) is 0 Å². The molecule has 1 saturated carbocycles. The second-order valence-corrected chi connectivity index (χ2v) is 9.99. The number of ether oxygens (including phenoxy) is 1. The molecule has 2 aliphatic rings. The van der Waals surface area contributed by atoms with E-state index in [9.17, 15) is 10.2 Å². The highest BCUT2D eigenvalue weighted by Crippen LogP contribution is 2.55. The van der Waals surface area contributed by atoms with Gasteiger partial charge in [0, 0.05) is 17.4 Å². The summed E-state index contributed by atoms with van der Waals surface area (Å²) < 4.78 is 6.44. The topological polar surface area (TPSA) is 49.7 Å². The largest absolute Gasteiger partial charge is 0.508 e. The highest BCUT2D eigenvalue weighted by atomic mass is 16.5. The monoisotopic (exact) mass is 374 g/mol.